The topological polar surface area (TPSA) is 52.6 Å². The third-order valence-electron chi connectivity index (χ3n) is 7.16. The molecule has 1 aliphatic carbocycles. The second kappa shape index (κ2) is 8.55. The highest BCUT2D eigenvalue weighted by Crippen LogP contribution is 2.38. The van der Waals surface area contributed by atoms with Gasteiger partial charge in [-0.15, -0.1) is 0 Å². The van der Waals surface area contributed by atoms with Crippen LogP contribution in [0.1, 0.15) is 54.8 Å². The van der Waals surface area contributed by atoms with Crippen LogP contribution in [0.15, 0.2) is 54.6 Å². The molecule has 1 heterocycles. The van der Waals surface area contributed by atoms with Gasteiger partial charge in [0.2, 0.25) is 0 Å². The summed E-state index contributed by atoms with van der Waals surface area (Å²) < 4.78 is 14.2. The number of benzene rings is 3. The first-order valence-electron chi connectivity index (χ1n) is 11.5. The molecule has 32 heavy (non-hydrogen) atoms. The lowest BCUT2D eigenvalue weighted by Crippen LogP contribution is -2.34. The Morgan fingerprint density at radius 2 is 1.97 bits per heavy atom. The van der Waals surface area contributed by atoms with E-state index in [1.165, 1.54) is 16.8 Å². The minimum Gasteiger partial charge on any atom is -0.481 e. The van der Waals surface area contributed by atoms with Crippen LogP contribution in [0.5, 0.6) is 0 Å². The lowest BCUT2D eigenvalue weighted by atomic mass is 9.97. The molecule has 5 heteroatoms. The largest absolute Gasteiger partial charge is 0.481 e. The summed E-state index contributed by atoms with van der Waals surface area (Å²) in [6.45, 7) is 4.02. The quantitative estimate of drug-likeness (QED) is 0.547. The van der Waals surface area contributed by atoms with E-state index >= 15 is 0 Å². The van der Waals surface area contributed by atoms with Gasteiger partial charge in [0, 0.05) is 36.2 Å². The van der Waals surface area contributed by atoms with E-state index in [0.29, 0.717) is 11.4 Å². The van der Waals surface area contributed by atoms with Gasteiger partial charge >= 0.3 is 5.97 Å². The molecule has 4 nitrogen and oxygen atoms in total. The molecule has 3 aromatic rings. The number of nitrogens with zero attached hydrogens (tertiary/aromatic N) is 1. The summed E-state index contributed by atoms with van der Waals surface area (Å²) in [7, 11) is 0. The summed E-state index contributed by atoms with van der Waals surface area (Å²) in [6, 6.07) is 18.2. The fraction of sp³-hybridized carbons (Fsp3) is 0.370. The Hall–Kier alpha value is -2.92. The molecule has 1 aliphatic heterocycles. The number of fused-ring (bicyclic) bond motifs is 2. The molecule has 1 saturated heterocycles. The summed E-state index contributed by atoms with van der Waals surface area (Å²) in [4.78, 5) is 13.6. The van der Waals surface area contributed by atoms with E-state index in [1.807, 2.05) is 30.3 Å². The number of aliphatic carboxylic acids is 1. The average Bonchev–Trinajstić information content (AvgIpc) is 3.41. The van der Waals surface area contributed by atoms with E-state index in [1.54, 1.807) is 6.07 Å². The molecule has 0 spiro atoms. The monoisotopic (exact) mass is 432 g/mol. The van der Waals surface area contributed by atoms with Gasteiger partial charge in [-0.2, -0.15) is 0 Å². The summed E-state index contributed by atoms with van der Waals surface area (Å²) in [5.41, 5.74) is 4.82. The Balaban J connectivity index is 1.29. The van der Waals surface area contributed by atoms with Crippen LogP contribution in [0.2, 0.25) is 0 Å². The van der Waals surface area contributed by atoms with Gasteiger partial charge in [-0.1, -0.05) is 36.4 Å². The second-order valence-electron chi connectivity index (χ2n) is 9.22. The van der Waals surface area contributed by atoms with Crippen LogP contribution < -0.4 is 10.2 Å². The van der Waals surface area contributed by atoms with Gasteiger partial charge in [0.05, 0.1) is 6.42 Å². The van der Waals surface area contributed by atoms with Gasteiger partial charge in [0.15, 0.2) is 0 Å². The molecule has 0 aromatic heterocycles. The van der Waals surface area contributed by atoms with Crippen molar-refractivity contribution in [3.8, 4) is 0 Å². The predicted molar refractivity (Wildman–Crippen MR) is 126 cm³/mol. The van der Waals surface area contributed by atoms with Crippen molar-refractivity contribution in [3.63, 3.8) is 0 Å². The zero-order valence-corrected chi connectivity index (χ0v) is 18.4. The highest BCUT2D eigenvalue weighted by atomic mass is 19.1. The number of carboxylic acid groups (broad SMARTS) is 1. The third kappa shape index (κ3) is 3.97. The van der Waals surface area contributed by atoms with Crippen molar-refractivity contribution in [2.24, 2.45) is 0 Å². The van der Waals surface area contributed by atoms with E-state index in [4.69, 9.17) is 0 Å². The van der Waals surface area contributed by atoms with Crippen molar-refractivity contribution in [2.75, 3.05) is 18.0 Å². The Labute approximate surface area is 188 Å². The van der Waals surface area contributed by atoms with E-state index in [9.17, 15) is 14.3 Å². The molecule has 0 radical (unpaired) electrons. The van der Waals surface area contributed by atoms with Gasteiger partial charge in [-0.25, -0.2) is 4.39 Å². The smallest absolute Gasteiger partial charge is 0.303 e. The molecule has 0 bridgehead atoms. The molecular weight excluding hydrogens is 403 g/mol. The predicted octanol–water partition coefficient (Wildman–Crippen LogP) is 5.41. The molecule has 3 aromatic carbocycles. The Kier molecular flexibility index (Phi) is 5.60. The Morgan fingerprint density at radius 1 is 1.16 bits per heavy atom. The highest BCUT2D eigenvalue weighted by Gasteiger charge is 2.28. The summed E-state index contributed by atoms with van der Waals surface area (Å²) >= 11 is 0. The maximum atomic E-state index is 14.2. The van der Waals surface area contributed by atoms with Crippen LogP contribution in [0, 0.1) is 5.82 Å². The molecule has 0 amide bonds. The maximum Gasteiger partial charge on any atom is 0.303 e. The van der Waals surface area contributed by atoms with Gasteiger partial charge in [-0.3, -0.25) is 4.79 Å². The maximum absolute atomic E-state index is 14.2. The van der Waals surface area contributed by atoms with E-state index < -0.39 is 5.97 Å². The summed E-state index contributed by atoms with van der Waals surface area (Å²) in [5, 5.41) is 14.6. The number of anilines is 1. The highest BCUT2D eigenvalue weighted by molar-refractivity contribution is 5.86. The second-order valence-corrected chi connectivity index (χ2v) is 9.22. The number of halogens is 1. The minimum atomic E-state index is -0.721. The van der Waals surface area contributed by atoms with Crippen molar-refractivity contribution in [1.29, 1.82) is 0 Å². The van der Waals surface area contributed by atoms with E-state index in [0.717, 1.165) is 43.3 Å². The number of carbonyl (C=O) groups is 1. The molecule has 5 rings (SSSR count). The standard InChI is InChI=1S/C27H29FN2O2/c1-17(22-10-11-26(28)24-5-3-2-4-23(22)24)29-20-12-13-30(16-20)21-9-8-18-6-7-19(14-27(31)32)25(18)15-21/h2-5,8-11,15,17,19-20,29H,6-7,12-14,16H2,1H3,(H,31,32)/t17-,19+,20+/m1/s1. The molecule has 166 valence electrons. The van der Waals surface area contributed by atoms with Crippen molar-refractivity contribution in [2.45, 2.75) is 50.6 Å². The molecule has 1 fully saturated rings. The van der Waals surface area contributed by atoms with Crippen molar-refractivity contribution in [3.05, 3.63) is 77.1 Å². The number of rotatable bonds is 6. The first-order chi connectivity index (χ1) is 15.5. The van der Waals surface area contributed by atoms with Gasteiger partial charge in [-0.05, 0) is 72.4 Å². The first kappa shape index (κ1) is 21.0. The lowest BCUT2D eigenvalue weighted by Gasteiger charge is -2.23. The lowest BCUT2D eigenvalue weighted by molar-refractivity contribution is -0.137. The number of nitrogens with one attached hydrogen (secondary N) is 1. The zero-order valence-electron chi connectivity index (χ0n) is 18.4. The van der Waals surface area contributed by atoms with E-state index in [-0.39, 0.29) is 24.2 Å². The summed E-state index contributed by atoms with van der Waals surface area (Å²) in [5.74, 6) is -0.770. The molecule has 2 aliphatic rings. The Bertz CT molecular complexity index is 1160. The van der Waals surface area contributed by atoms with Crippen LogP contribution >= 0.6 is 0 Å². The van der Waals surface area contributed by atoms with Crippen molar-refractivity contribution >= 4 is 22.4 Å². The molecule has 0 saturated carbocycles. The number of carboxylic acids is 1. The van der Waals surface area contributed by atoms with E-state index in [2.05, 4.69) is 35.3 Å². The first-order valence-corrected chi connectivity index (χ1v) is 11.5. The minimum absolute atomic E-state index is 0.116. The number of aryl methyl sites for hydroxylation is 1. The van der Waals surface area contributed by atoms with Crippen LogP contribution in [0.3, 0.4) is 0 Å². The fourth-order valence-corrected chi connectivity index (χ4v) is 5.53. The van der Waals surface area contributed by atoms with Crippen LogP contribution in [0.4, 0.5) is 10.1 Å². The number of hydrogen-bond acceptors (Lipinski definition) is 3. The molecular formula is C27H29FN2O2. The summed E-state index contributed by atoms with van der Waals surface area (Å²) in [6.07, 6.45) is 3.15. The normalized spacial score (nSPS) is 21.1. The van der Waals surface area contributed by atoms with Crippen LogP contribution in [-0.2, 0) is 11.2 Å². The zero-order chi connectivity index (χ0) is 22.2. The fourth-order valence-electron chi connectivity index (χ4n) is 5.53. The van der Waals surface area contributed by atoms with Gasteiger partial charge < -0.3 is 15.3 Å². The molecule has 0 unspecified atom stereocenters. The van der Waals surface area contributed by atoms with Crippen molar-refractivity contribution < 1.29 is 14.3 Å². The van der Waals surface area contributed by atoms with Crippen molar-refractivity contribution in [1.82, 2.24) is 5.32 Å². The number of hydrogen-bond donors (Lipinski definition) is 2. The Morgan fingerprint density at radius 3 is 2.78 bits per heavy atom. The van der Waals surface area contributed by atoms with Crippen LogP contribution in [0.25, 0.3) is 10.8 Å². The van der Waals surface area contributed by atoms with Gasteiger partial charge in [0.1, 0.15) is 5.82 Å². The third-order valence-corrected chi connectivity index (χ3v) is 7.16. The SMILES string of the molecule is C[C@@H](N[C@H]1CCN(c2ccc3c(c2)[C@H](CC(=O)O)CC3)C1)c1ccc(F)c2ccccc12. The molecule has 2 N–H and O–H groups in total. The average molecular weight is 433 g/mol. The van der Waals surface area contributed by atoms with Gasteiger partial charge in [0.25, 0.3) is 0 Å². The van der Waals surface area contributed by atoms with Crippen LogP contribution in [-0.4, -0.2) is 30.2 Å². The molecule has 3 atom stereocenters.